The minimum absolute atomic E-state index is 0.0535. The Hall–Kier alpha value is -3.55. The first-order chi connectivity index (χ1) is 17.2. The molecule has 2 atom stereocenters. The lowest BCUT2D eigenvalue weighted by molar-refractivity contribution is -0.158. The van der Waals surface area contributed by atoms with Gasteiger partial charge in [0.05, 0.1) is 28.4 Å². The van der Waals surface area contributed by atoms with E-state index in [1.54, 1.807) is 41.4 Å². The molecule has 8 nitrogen and oxygen atoms in total. The van der Waals surface area contributed by atoms with E-state index in [1.165, 1.54) is 0 Å². The van der Waals surface area contributed by atoms with E-state index >= 15 is 0 Å². The van der Waals surface area contributed by atoms with E-state index in [9.17, 15) is 4.79 Å². The van der Waals surface area contributed by atoms with E-state index in [4.69, 9.17) is 33.2 Å². The van der Waals surface area contributed by atoms with Crippen LogP contribution in [0.4, 0.5) is 0 Å². The monoisotopic (exact) mass is 498 g/mol. The molecule has 0 fully saturated rings. The normalized spacial score (nSPS) is 20.4. The molecule has 4 rings (SSSR count). The molecule has 0 saturated carbocycles. The van der Waals surface area contributed by atoms with E-state index in [-0.39, 0.29) is 18.7 Å². The molecule has 1 aliphatic carbocycles. The zero-order chi connectivity index (χ0) is 26.2. The molecule has 0 aromatic heterocycles. The molecule has 0 spiro atoms. The van der Waals surface area contributed by atoms with Gasteiger partial charge in [0.25, 0.3) is 0 Å². The van der Waals surface area contributed by atoms with Crippen molar-refractivity contribution in [1.82, 2.24) is 0 Å². The van der Waals surface area contributed by atoms with Crippen LogP contribution in [0.25, 0.3) is 11.1 Å². The molecule has 0 radical (unpaired) electrons. The summed E-state index contributed by atoms with van der Waals surface area (Å²) in [5.41, 5.74) is 3.16. The fourth-order valence-corrected chi connectivity index (χ4v) is 4.96. The minimum Gasteiger partial charge on any atom is -0.493 e. The second kappa shape index (κ2) is 9.84. The van der Waals surface area contributed by atoms with Gasteiger partial charge in [-0.1, -0.05) is 13.0 Å². The quantitative estimate of drug-likeness (QED) is 0.401. The predicted octanol–water partition coefficient (Wildman–Crippen LogP) is 5.12. The van der Waals surface area contributed by atoms with Crippen LogP contribution < -0.4 is 28.4 Å². The fraction of sp³-hybridized carbons (Fsp3) is 0.464. The number of carbonyl (C=O) groups excluding carboxylic acids is 1. The number of carbonyl (C=O) groups is 1. The van der Waals surface area contributed by atoms with Gasteiger partial charge in [-0.2, -0.15) is 0 Å². The van der Waals surface area contributed by atoms with Crippen molar-refractivity contribution in [2.45, 2.75) is 46.1 Å². The number of ether oxygens (including phenoxy) is 7. The van der Waals surface area contributed by atoms with Crippen LogP contribution in [0, 0.1) is 5.92 Å². The summed E-state index contributed by atoms with van der Waals surface area (Å²) < 4.78 is 40.9. The van der Waals surface area contributed by atoms with Crippen LogP contribution in [0.3, 0.4) is 0 Å². The van der Waals surface area contributed by atoms with Gasteiger partial charge in [0.1, 0.15) is 5.60 Å². The second-order valence-electron chi connectivity index (χ2n) is 9.31. The molecule has 2 aliphatic rings. The van der Waals surface area contributed by atoms with E-state index in [2.05, 4.69) is 6.92 Å². The number of rotatable bonds is 6. The number of esters is 1. The topological polar surface area (TPSA) is 81.7 Å². The SMILES string of the molecule is CC=C(C)C(=O)O[C@@]1(C)Cc2cc(OC)c(OC)c(OC)c2-c2c(cc3c(c2OC)OCO3)C[C@@H]1C. The Morgan fingerprint density at radius 2 is 1.64 bits per heavy atom. The highest BCUT2D eigenvalue weighted by atomic mass is 16.7. The average molecular weight is 499 g/mol. The first-order valence-corrected chi connectivity index (χ1v) is 11.9. The first-order valence-electron chi connectivity index (χ1n) is 11.9. The summed E-state index contributed by atoms with van der Waals surface area (Å²) in [5, 5.41) is 0. The molecule has 1 heterocycles. The van der Waals surface area contributed by atoms with Crippen LogP contribution in [-0.4, -0.2) is 46.8 Å². The van der Waals surface area contributed by atoms with Gasteiger partial charge >= 0.3 is 5.97 Å². The van der Waals surface area contributed by atoms with Crippen molar-refractivity contribution in [2.24, 2.45) is 5.92 Å². The number of benzene rings is 2. The van der Waals surface area contributed by atoms with Crippen LogP contribution in [0.5, 0.6) is 34.5 Å². The van der Waals surface area contributed by atoms with E-state index in [1.807, 2.05) is 26.0 Å². The molecular formula is C28H34O8. The lowest BCUT2D eigenvalue weighted by atomic mass is 9.74. The summed E-state index contributed by atoms with van der Waals surface area (Å²) in [5.74, 6) is 2.80. The third-order valence-corrected chi connectivity index (χ3v) is 7.26. The molecule has 1 aliphatic heterocycles. The van der Waals surface area contributed by atoms with Crippen molar-refractivity contribution < 1.29 is 38.0 Å². The third kappa shape index (κ3) is 4.08. The molecule has 0 N–H and O–H groups in total. The Bertz CT molecular complexity index is 1220. The number of fused-ring (bicyclic) bond motifs is 4. The zero-order valence-corrected chi connectivity index (χ0v) is 22.2. The highest BCUT2D eigenvalue weighted by molar-refractivity contribution is 5.90. The van der Waals surface area contributed by atoms with Gasteiger partial charge in [-0.3, -0.25) is 0 Å². The summed E-state index contributed by atoms with van der Waals surface area (Å²) in [6.45, 7) is 7.74. The molecule has 0 bridgehead atoms. The lowest BCUT2D eigenvalue weighted by Gasteiger charge is -2.39. The molecule has 194 valence electrons. The van der Waals surface area contributed by atoms with Crippen LogP contribution in [0.1, 0.15) is 38.8 Å². The molecule has 0 unspecified atom stereocenters. The molecule has 0 amide bonds. The van der Waals surface area contributed by atoms with Crippen molar-refractivity contribution in [3.8, 4) is 45.6 Å². The summed E-state index contributed by atoms with van der Waals surface area (Å²) in [4.78, 5) is 12.9. The highest BCUT2D eigenvalue weighted by Crippen LogP contribution is 2.57. The van der Waals surface area contributed by atoms with Gasteiger partial charge in [-0.15, -0.1) is 0 Å². The van der Waals surface area contributed by atoms with Gasteiger partial charge in [-0.25, -0.2) is 4.79 Å². The third-order valence-electron chi connectivity index (χ3n) is 7.26. The highest BCUT2D eigenvalue weighted by Gasteiger charge is 2.42. The maximum atomic E-state index is 12.9. The molecule has 36 heavy (non-hydrogen) atoms. The van der Waals surface area contributed by atoms with Crippen LogP contribution in [0.15, 0.2) is 23.8 Å². The van der Waals surface area contributed by atoms with E-state index < -0.39 is 5.60 Å². The van der Waals surface area contributed by atoms with Gasteiger partial charge in [0, 0.05) is 29.0 Å². The Kier molecular flexibility index (Phi) is 6.98. The Morgan fingerprint density at radius 3 is 2.25 bits per heavy atom. The number of allylic oxidation sites excluding steroid dienone is 1. The van der Waals surface area contributed by atoms with Gasteiger partial charge in [0.15, 0.2) is 23.0 Å². The van der Waals surface area contributed by atoms with Crippen molar-refractivity contribution in [3.63, 3.8) is 0 Å². The fourth-order valence-electron chi connectivity index (χ4n) is 4.96. The Morgan fingerprint density at radius 1 is 0.972 bits per heavy atom. The van der Waals surface area contributed by atoms with Gasteiger partial charge < -0.3 is 33.2 Å². The molecule has 2 aromatic carbocycles. The van der Waals surface area contributed by atoms with Crippen LogP contribution in [-0.2, 0) is 22.4 Å². The summed E-state index contributed by atoms with van der Waals surface area (Å²) in [6.07, 6.45) is 2.77. The maximum Gasteiger partial charge on any atom is 0.333 e. The minimum atomic E-state index is -0.831. The van der Waals surface area contributed by atoms with Crippen molar-refractivity contribution in [2.75, 3.05) is 35.2 Å². The lowest BCUT2D eigenvalue weighted by Crippen LogP contribution is -2.42. The zero-order valence-electron chi connectivity index (χ0n) is 22.2. The first kappa shape index (κ1) is 25.5. The van der Waals surface area contributed by atoms with Gasteiger partial charge in [-0.05, 0) is 50.5 Å². The number of methoxy groups -OCH3 is 4. The van der Waals surface area contributed by atoms with Gasteiger partial charge in [0.2, 0.25) is 18.3 Å². The second-order valence-corrected chi connectivity index (χ2v) is 9.31. The molecule has 2 aromatic rings. The van der Waals surface area contributed by atoms with Crippen molar-refractivity contribution >= 4 is 5.97 Å². The predicted molar refractivity (Wildman–Crippen MR) is 135 cm³/mol. The maximum absolute atomic E-state index is 12.9. The summed E-state index contributed by atoms with van der Waals surface area (Å²) in [6, 6.07) is 3.89. The Balaban J connectivity index is 2.06. The van der Waals surface area contributed by atoms with E-state index in [0.717, 1.165) is 22.3 Å². The average Bonchev–Trinajstić information content (AvgIpc) is 3.34. The summed E-state index contributed by atoms with van der Waals surface area (Å²) in [7, 11) is 6.35. The summed E-state index contributed by atoms with van der Waals surface area (Å²) >= 11 is 0. The number of hydrogen-bond acceptors (Lipinski definition) is 8. The van der Waals surface area contributed by atoms with Crippen molar-refractivity contribution in [1.29, 1.82) is 0 Å². The Labute approximate surface area is 212 Å². The smallest absolute Gasteiger partial charge is 0.333 e. The van der Waals surface area contributed by atoms with Crippen molar-refractivity contribution in [3.05, 3.63) is 34.9 Å². The standard InChI is InChI=1S/C28H34O8/c1-9-15(2)27(29)36-28(4)13-18-12-19(30-5)23(31-6)25(32-7)22(18)21-17(10-16(28)3)11-20-24(26(21)33-8)35-14-34-20/h9,11-12,16H,10,13-14H2,1-8H3/t16-,28-/m0/s1. The van der Waals surface area contributed by atoms with Crippen LogP contribution >= 0.6 is 0 Å². The molecule has 8 heteroatoms. The largest absolute Gasteiger partial charge is 0.493 e. The number of hydrogen-bond donors (Lipinski definition) is 0. The molecular weight excluding hydrogens is 464 g/mol. The van der Waals surface area contributed by atoms with E-state index in [0.29, 0.717) is 52.9 Å². The van der Waals surface area contributed by atoms with Crippen LogP contribution in [0.2, 0.25) is 0 Å². The molecule has 0 saturated heterocycles.